The highest BCUT2D eigenvalue weighted by Gasteiger charge is 2.18. The van der Waals surface area contributed by atoms with Crippen molar-refractivity contribution in [2.45, 2.75) is 32.4 Å². The first-order valence-electron chi connectivity index (χ1n) is 14.2. The lowest BCUT2D eigenvalue weighted by Crippen LogP contribution is -2.36. The number of likely N-dealkylation sites (tertiary alicyclic amines) is 1. The van der Waals surface area contributed by atoms with Gasteiger partial charge in [-0.2, -0.15) is 10.4 Å². The number of aromatic nitrogens is 5. The Kier molecular flexibility index (Phi) is 9.43. The summed E-state index contributed by atoms with van der Waals surface area (Å²) in [7, 11) is 3.68. The van der Waals surface area contributed by atoms with Crippen molar-refractivity contribution >= 4 is 17.5 Å². The molecule has 3 heterocycles. The van der Waals surface area contributed by atoms with Crippen molar-refractivity contribution in [3.05, 3.63) is 72.6 Å². The summed E-state index contributed by atoms with van der Waals surface area (Å²) in [6.07, 6.45) is 8.41. The molecule has 0 unspecified atom stereocenters. The van der Waals surface area contributed by atoms with Gasteiger partial charge < -0.3 is 25.0 Å². The second-order valence-electron chi connectivity index (χ2n) is 10.7. The molecule has 1 atom stereocenters. The number of nitriles is 1. The number of ether oxygens (including phenoxy) is 2. The minimum atomic E-state index is -0.238. The molecule has 12 heteroatoms. The quantitative estimate of drug-likeness (QED) is 0.268. The molecule has 5 rings (SSSR count). The van der Waals surface area contributed by atoms with E-state index in [0.29, 0.717) is 53.3 Å². The van der Waals surface area contributed by atoms with E-state index in [9.17, 15) is 10.1 Å². The zero-order valence-corrected chi connectivity index (χ0v) is 24.5. The zero-order chi connectivity index (χ0) is 30.2. The van der Waals surface area contributed by atoms with Crippen LogP contribution in [0.25, 0.3) is 11.1 Å². The van der Waals surface area contributed by atoms with Gasteiger partial charge in [0.1, 0.15) is 36.3 Å². The van der Waals surface area contributed by atoms with Gasteiger partial charge in [0.2, 0.25) is 5.95 Å². The molecule has 43 heavy (non-hydrogen) atoms. The molecule has 2 aromatic heterocycles. The maximum atomic E-state index is 12.8. The summed E-state index contributed by atoms with van der Waals surface area (Å²) in [5.74, 6) is 1.72. The summed E-state index contributed by atoms with van der Waals surface area (Å²) in [6, 6.07) is 12.8. The van der Waals surface area contributed by atoms with Crippen molar-refractivity contribution in [3.8, 4) is 28.7 Å². The molecule has 4 aromatic rings. The minimum Gasteiger partial charge on any atom is -0.495 e. The summed E-state index contributed by atoms with van der Waals surface area (Å²) in [5.41, 5.74) is 3.16. The number of nitrogens with one attached hydrogen (secondary N) is 2. The number of piperidine rings is 1. The number of nitrogens with zero attached hydrogens (tertiary/aromatic N) is 7. The molecule has 0 bridgehead atoms. The third-order valence-corrected chi connectivity index (χ3v) is 7.43. The van der Waals surface area contributed by atoms with Gasteiger partial charge in [-0.25, -0.2) is 19.6 Å². The monoisotopic (exact) mass is 581 g/mol. The predicted molar refractivity (Wildman–Crippen MR) is 161 cm³/mol. The van der Waals surface area contributed by atoms with Crippen molar-refractivity contribution in [3.63, 3.8) is 0 Å². The topological polar surface area (TPSA) is 143 Å². The molecule has 0 saturated carbocycles. The highest BCUT2D eigenvalue weighted by Crippen LogP contribution is 2.30. The van der Waals surface area contributed by atoms with E-state index in [1.54, 1.807) is 54.8 Å². The second kappa shape index (κ2) is 13.8. The van der Waals surface area contributed by atoms with Crippen molar-refractivity contribution in [2.24, 2.45) is 5.92 Å². The summed E-state index contributed by atoms with van der Waals surface area (Å²) in [5, 5.41) is 19.9. The third-order valence-electron chi connectivity index (χ3n) is 7.43. The minimum absolute atomic E-state index is 0.122. The predicted octanol–water partition coefficient (Wildman–Crippen LogP) is 3.90. The van der Waals surface area contributed by atoms with Crippen LogP contribution in [0.2, 0.25) is 0 Å². The molecule has 1 saturated heterocycles. The zero-order valence-electron chi connectivity index (χ0n) is 24.5. The standard InChI is InChI=1S/C31H35N9O3/c1-21(18-40-20-33-19-37-40)43-28-12-23(4-5-25(28)14-32)26-16-35-31(36-17-26)38-27-7-6-24(13-29(27)42-3)30(41)34-15-22-8-10-39(2)11-9-22/h4-7,12-13,16-17,19-22H,8-11,15,18H2,1-3H3,(H,34,41)(H,35,36,38)/t21-/m0/s1. The Bertz CT molecular complexity index is 1560. The Balaban J connectivity index is 1.23. The number of anilines is 2. The maximum absolute atomic E-state index is 12.8. The average molecular weight is 582 g/mol. The number of carbonyl (C=O) groups is 1. The van der Waals surface area contributed by atoms with Crippen LogP contribution >= 0.6 is 0 Å². The first kappa shape index (κ1) is 29.5. The van der Waals surface area contributed by atoms with Crippen molar-refractivity contribution in [1.82, 2.24) is 34.9 Å². The number of amides is 1. The van der Waals surface area contributed by atoms with Gasteiger partial charge >= 0.3 is 0 Å². The van der Waals surface area contributed by atoms with E-state index in [1.165, 1.54) is 6.33 Å². The van der Waals surface area contributed by atoms with E-state index in [4.69, 9.17) is 9.47 Å². The molecular weight excluding hydrogens is 546 g/mol. The van der Waals surface area contributed by atoms with E-state index in [2.05, 4.69) is 48.7 Å². The van der Waals surface area contributed by atoms with E-state index in [0.717, 1.165) is 37.1 Å². The molecule has 12 nitrogen and oxygen atoms in total. The van der Waals surface area contributed by atoms with Gasteiger partial charge in [-0.05, 0) is 81.7 Å². The molecule has 2 aromatic carbocycles. The largest absolute Gasteiger partial charge is 0.495 e. The number of carbonyl (C=O) groups excluding carboxylic acids is 1. The van der Waals surface area contributed by atoms with Crippen LogP contribution in [0.1, 0.15) is 35.7 Å². The number of benzene rings is 2. The van der Waals surface area contributed by atoms with Crippen LogP contribution in [-0.4, -0.2) is 75.4 Å². The maximum Gasteiger partial charge on any atom is 0.251 e. The van der Waals surface area contributed by atoms with E-state index in [-0.39, 0.29) is 12.0 Å². The fourth-order valence-corrected chi connectivity index (χ4v) is 4.94. The summed E-state index contributed by atoms with van der Waals surface area (Å²) < 4.78 is 13.3. The van der Waals surface area contributed by atoms with Gasteiger partial charge in [0, 0.05) is 30.1 Å². The van der Waals surface area contributed by atoms with Crippen LogP contribution in [0.4, 0.5) is 11.6 Å². The molecule has 0 aliphatic carbocycles. The van der Waals surface area contributed by atoms with E-state index < -0.39 is 0 Å². The molecule has 1 fully saturated rings. The normalized spacial score (nSPS) is 14.5. The lowest BCUT2D eigenvalue weighted by Gasteiger charge is -2.28. The summed E-state index contributed by atoms with van der Waals surface area (Å²) in [4.78, 5) is 28.0. The van der Waals surface area contributed by atoms with Gasteiger partial charge in [0.15, 0.2) is 0 Å². The third kappa shape index (κ3) is 7.64. The highest BCUT2D eigenvalue weighted by atomic mass is 16.5. The van der Waals surface area contributed by atoms with Crippen LogP contribution in [0.3, 0.4) is 0 Å². The van der Waals surface area contributed by atoms with Gasteiger partial charge in [-0.3, -0.25) is 4.79 Å². The van der Waals surface area contributed by atoms with Gasteiger partial charge in [0.25, 0.3) is 5.91 Å². The smallest absolute Gasteiger partial charge is 0.251 e. The molecule has 0 radical (unpaired) electrons. The first-order valence-corrected chi connectivity index (χ1v) is 14.2. The van der Waals surface area contributed by atoms with E-state index in [1.807, 2.05) is 19.1 Å². The van der Waals surface area contributed by atoms with Gasteiger partial charge in [-0.15, -0.1) is 0 Å². The van der Waals surface area contributed by atoms with Crippen LogP contribution in [0, 0.1) is 17.2 Å². The molecule has 2 N–H and O–H groups in total. The van der Waals surface area contributed by atoms with E-state index >= 15 is 0 Å². The van der Waals surface area contributed by atoms with Gasteiger partial charge in [-0.1, -0.05) is 6.07 Å². The lowest BCUT2D eigenvalue weighted by molar-refractivity contribution is 0.0938. The number of hydrogen-bond donors (Lipinski definition) is 2. The van der Waals surface area contributed by atoms with Crippen LogP contribution in [0.5, 0.6) is 11.5 Å². The fourth-order valence-electron chi connectivity index (χ4n) is 4.94. The lowest BCUT2D eigenvalue weighted by atomic mass is 9.97. The fraction of sp³-hybridized carbons (Fsp3) is 0.355. The Hall–Kier alpha value is -5.02. The molecule has 1 amide bonds. The number of rotatable bonds is 11. The highest BCUT2D eigenvalue weighted by molar-refractivity contribution is 5.95. The molecule has 222 valence electrons. The number of hydrogen-bond acceptors (Lipinski definition) is 10. The molecular formula is C31H35N9O3. The van der Waals surface area contributed by atoms with Crippen LogP contribution in [0.15, 0.2) is 61.4 Å². The first-order chi connectivity index (χ1) is 20.9. The van der Waals surface area contributed by atoms with Gasteiger partial charge in [0.05, 0.1) is 24.9 Å². The second-order valence-corrected chi connectivity index (χ2v) is 10.7. The average Bonchev–Trinajstić information content (AvgIpc) is 3.54. The molecule has 1 aliphatic rings. The Morgan fingerprint density at radius 2 is 1.91 bits per heavy atom. The Morgan fingerprint density at radius 1 is 1.12 bits per heavy atom. The van der Waals surface area contributed by atoms with Crippen molar-refractivity contribution < 1.29 is 14.3 Å². The van der Waals surface area contributed by atoms with Crippen LogP contribution < -0.4 is 20.1 Å². The number of methoxy groups -OCH3 is 1. The SMILES string of the molecule is COc1cc(C(=O)NCC2CCN(C)CC2)ccc1Nc1ncc(-c2ccc(C#N)c(O[C@@H](C)Cn3cncn3)c2)cn1. The van der Waals surface area contributed by atoms with Crippen LogP contribution in [-0.2, 0) is 6.54 Å². The summed E-state index contributed by atoms with van der Waals surface area (Å²) >= 11 is 0. The Labute approximate surface area is 250 Å². The molecule has 0 spiro atoms. The van der Waals surface area contributed by atoms with Crippen molar-refractivity contribution in [2.75, 3.05) is 39.1 Å². The van der Waals surface area contributed by atoms with Crippen molar-refractivity contribution in [1.29, 1.82) is 5.26 Å². The molecule has 1 aliphatic heterocycles. The Morgan fingerprint density at radius 3 is 2.60 bits per heavy atom. The summed E-state index contributed by atoms with van der Waals surface area (Å²) in [6.45, 7) is 5.19.